The Morgan fingerprint density at radius 3 is 1.86 bits per heavy atom. The third-order valence-electron chi connectivity index (χ3n) is 6.06. The number of aromatic amines is 2. The number of imidazole rings is 2. The fraction of sp³-hybridized carbons (Fsp3) is 0.417. The van der Waals surface area contributed by atoms with E-state index in [4.69, 9.17) is 9.97 Å². The Balaban J connectivity index is 1.81. The molecule has 0 radical (unpaired) electrons. The molecule has 0 saturated carbocycles. The van der Waals surface area contributed by atoms with Crippen molar-refractivity contribution in [3.8, 4) is 0 Å². The number of para-hydroxylation sites is 4. The quantitative estimate of drug-likeness (QED) is 0.377. The predicted octanol–water partition coefficient (Wildman–Crippen LogP) is 6.35. The average molecular weight is 375 g/mol. The van der Waals surface area contributed by atoms with E-state index in [1.165, 1.54) is 25.7 Å². The molecule has 0 amide bonds. The molecule has 4 aromatic rings. The predicted molar refractivity (Wildman–Crippen MR) is 117 cm³/mol. The molecule has 2 N–H and O–H groups in total. The molecule has 2 aromatic carbocycles. The van der Waals surface area contributed by atoms with Gasteiger partial charge in [0.1, 0.15) is 11.6 Å². The molecule has 0 fully saturated rings. The SMILES string of the molecule is CCCCC(CC)CC(C)(c1nc2ccccc2[nH]1)c1nc2ccccc2[nH]1. The van der Waals surface area contributed by atoms with Crippen LogP contribution in [0.15, 0.2) is 48.5 Å². The Morgan fingerprint density at radius 1 is 0.857 bits per heavy atom. The molecule has 0 aliphatic heterocycles. The molecule has 0 spiro atoms. The summed E-state index contributed by atoms with van der Waals surface area (Å²) in [6.07, 6.45) is 5.97. The summed E-state index contributed by atoms with van der Waals surface area (Å²) in [5.41, 5.74) is 3.91. The zero-order valence-corrected chi connectivity index (χ0v) is 17.1. The highest BCUT2D eigenvalue weighted by Crippen LogP contribution is 2.38. The van der Waals surface area contributed by atoms with Crippen LogP contribution in [-0.4, -0.2) is 19.9 Å². The summed E-state index contributed by atoms with van der Waals surface area (Å²) in [4.78, 5) is 17.2. The van der Waals surface area contributed by atoms with Gasteiger partial charge in [-0.3, -0.25) is 0 Å². The number of H-pyrrole nitrogens is 2. The van der Waals surface area contributed by atoms with Gasteiger partial charge < -0.3 is 9.97 Å². The average Bonchev–Trinajstić information content (AvgIpc) is 3.35. The molecule has 28 heavy (non-hydrogen) atoms. The number of fused-ring (bicyclic) bond motifs is 2. The van der Waals surface area contributed by atoms with Crippen molar-refractivity contribution in [1.29, 1.82) is 0 Å². The first-order valence-corrected chi connectivity index (χ1v) is 10.5. The number of hydrogen-bond acceptors (Lipinski definition) is 2. The van der Waals surface area contributed by atoms with Crippen molar-refractivity contribution < 1.29 is 0 Å². The highest BCUT2D eigenvalue weighted by Gasteiger charge is 2.37. The maximum absolute atomic E-state index is 4.98. The van der Waals surface area contributed by atoms with E-state index in [2.05, 4.69) is 67.1 Å². The number of benzene rings is 2. The fourth-order valence-corrected chi connectivity index (χ4v) is 4.25. The van der Waals surface area contributed by atoms with Gasteiger partial charge in [-0.25, -0.2) is 9.97 Å². The molecule has 0 saturated heterocycles. The summed E-state index contributed by atoms with van der Waals surface area (Å²) in [5, 5.41) is 0. The lowest BCUT2D eigenvalue weighted by Crippen LogP contribution is -2.30. The Labute approximate surface area is 166 Å². The highest BCUT2D eigenvalue weighted by molar-refractivity contribution is 5.76. The fourth-order valence-electron chi connectivity index (χ4n) is 4.25. The van der Waals surface area contributed by atoms with Gasteiger partial charge in [-0.1, -0.05) is 63.8 Å². The Kier molecular flexibility index (Phi) is 5.21. The summed E-state index contributed by atoms with van der Waals surface area (Å²) in [6.45, 7) is 6.86. The van der Waals surface area contributed by atoms with Gasteiger partial charge in [0.05, 0.1) is 27.5 Å². The molecule has 1 unspecified atom stereocenters. The van der Waals surface area contributed by atoms with Crippen molar-refractivity contribution >= 4 is 22.1 Å². The monoisotopic (exact) mass is 374 g/mol. The van der Waals surface area contributed by atoms with Gasteiger partial charge in [-0.2, -0.15) is 0 Å². The molecule has 4 nitrogen and oxygen atoms in total. The first kappa shape index (κ1) is 18.7. The van der Waals surface area contributed by atoms with Crippen LogP contribution < -0.4 is 0 Å². The molecule has 0 aliphatic rings. The topological polar surface area (TPSA) is 57.4 Å². The van der Waals surface area contributed by atoms with Gasteiger partial charge in [0.15, 0.2) is 0 Å². The van der Waals surface area contributed by atoms with Gasteiger partial charge in [0, 0.05) is 0 Å². The molecule has 0 bridgehead atoms. The zero-order chi connectivity index (χ0) is 19.6. The summed E-state index contributed by atoms with van der Waals surface area (Å²) >= 11 is 0. The van der Waals surface area contributed by atoms with Gasteiger partial charge in [-0.05, 0) is 43.5 Å². The normalized spacial score (nSPS) is 13.4. The highest BCUT2D eigenvalue weighted by atomic mass is 15.0. The number of nitrogens with zero attached hydrogens (tertiary/aromatic N) is 2. The largest absolute Gasteiger partial charge is 0.341 e. The smallest absolute Gasteiger partial charge is 0.120 e. The van der Waals surface area contributed by atoms with Crippen LogP contribution in [0.3, 0.4) is 0 Å². The maximum atomic E-state index is 4.98. The Bertz CT molecular complexity index is 919. The molecule has 4 rings (SSSR count). The molecular formula is C24H30N4. The Hall–Kier alpha value is -2.62. The molecule has 2 heterocycles. The van der Waals surface area contributed by atoms with Crippen LogP contribution in [0.4, 0.5) is 0 Å². The number of unbranched alkanes of at least 4 members (excludes halogenated alkanes) is 1. The summed E-state index contributed by atoms with van der Waals surface area (Å²) in [5.74, 6) is 2.65. The molecule has 1 atom stereocenters. The van der Waals surface area contributed by atoms with Crippen LogP contribution in [0.2, 0.25) is 0 Å². The van der Waals surface area contributed by atoms with E-state index < -0.39 is 0 Å². The second-order valence-electron chi connectivity index (χ2n) is 8.16. The van der Waals surface area contributed by atoms with E-state index >= 15 is 0 Å². The number of hydrogen-bond donors (Lipinski definition) is 2. The third kappa shape index (κ3) is 3.44. The lowest BCUT2D eigenvalue weighted by atomic mass is 9.77. The summed E-state index contributed by atoms with van der Waals surface area (Å²) in [7, 11) is 0. The van der Waals surface area contributed by atoms with Crippen LogP contribution in [0.5, 0.6) is 0 Å². The van der Waals surface area contributed by atoms with Crippen molar-refractivity contribution in [2.45, 2.75) is 58.3 Å². The zero-order valence-electron chi connectivity index (χ0n) is 17.1. The van der Waals surface area contributed by atoms with Crippen molar-refractivity contribution in [3.63, 3.8) is 0 Å². The second-order valence-corrected chi connectivity index (χ2v) is 8.16. The van der Waals surface area contributed by atoms with Gasteiger partial charge in [0.25, 0.3) is 0 Å². The van der Waals surface area contributed by atoms with Crippen LogP contribution in [-0.2, 0) is 5.41 Å². The van der Waals surface area contributed by atoms with Crippen LogP contribution in [0, 0.1) is 5.92 Å². The summed E-state index contributed by atoms with van der Waals surface area (Å²) in [6, 6.07) is 16.5. The second kappa shape index (κ2) is 7.78. The minimum atomic E-state index is -0.285. The van der Waals surface area contributed by atoms with Gasteiger partial charge in [0.2, 0.25) is 0 Å². The lowest BCUT2D eigenvalue weighted by Gasteiger charge is -2.30. The van der Waals surface area contributed by atoms with Crippen molar-refractivity contribution in [2.75, 3.05) is 0 Å². The number of nitrogens with one attached hydrogen (secondary N) is 2. The molecule has 0 aliphatic carbocycles. The van der Waals surface area contributed by atoms with E-state index in [-0.39, 0.29) is 5.41 Å². The minimum absolute atomic E-state index is 0.285. The van der Waals surface area contributed by atoms with Gasteiger partial charge >= 0.3 is 0 Å². The summed E-state index contributed by atoms with van der Waals surface area (Å²) < 4.78 is 0. The van der Waals surface area contributed by atoms with E-state index in [0.717, 1.165) is 40.1 Å². The molecular weight excluding hydrogens is 344 g/mol. The van der Waals surface area contributed by atoms with Crippen LogP contribution in [0.1, 0.15) is 64.5 Å². The molecule has 146 valence electrons. The van der Waals surface area contributed by atoms with E-state index in [9.17, 15) is 0 Å². The number of rotatable bonds is 8. The van der Waals surface area contributed by atoms with Crippen LogP contribution >= 0.6 is 0 Å². The van der Waals surface area contributed by atoms with Crippen molar-refractivity contribution in [3.05, 3.63) is 60.2 Å². The first-order valence-electron chi connectivity index (χ1n) is 10.5. The van der Waals surface area contributed by atoms with E-state index in [1.807, 2.05) is 12.1 Å². The molecule has 2 aromatic heterocycles. The number of aromatic nitrogens is 4. The maximum Gasteiger partial charge on any atom is 0.120 e. The van der Waals surface area contributed by atoms with E-state index in [0.29, 0.717) is 5.92 Å². The van der Waals surface area contributed by atoms with Crippen LogP contribution in [0.25, 0.3) is 22.1 Å². The lowest BCUT2D eigenvalue weighted by molar-refractivity contribution is 0.327. The van der Waals surface area contributed by atoms with E-state index in [1.54, 1.807) is 0 Å². The third-order valence-corrected chi connectivity index (χ3v) is 6.06. The molecule has 4 heteroatoms. The Morgan fingerprint density at radius 2 is 1.39 bits per heavy atom. The first-order chi connectivity index (χ1) is 13.6. The minimum Gasteiger partial charge on any atom is -0.341 e. The standard InChI is InChI=1S/C24H30N4/c1-4-6-11-17(5-2)16-24(3,22-25-18-12-7-8-13-19(18)26-22)23-27-20-14-9-10-15-21(20)28-23/h7-10,12-15,17H,4-6,11,16H2,1-3H3,(H,25,26)(H,27,28). The van der Waals surface area contributed by atoms with Gasteiger partial charge in [-0.15, -0.1) is 0 Å². The van der Waals surface area contributed by atoms with Crippen molar-refractivity contribution in [1.82, 2.24) is 19.9 Å². The van der Waals surface area contributed by atoms with Crippen molar-refractivity contribution in [2.24, 2.45) is 5.92 Å².